The maximum absolute atomic E-state index is 2.28. The van der Waals surface area contributed by atoms with Crippen molar-refractivity contribution in [2.24, 2.45) is 0 Å². The Bertz CT molecular complexity index is 1800. The van der Waals surface area contributed by atoms with Gasteiger partial charge in [-0.1, -0.05) is 153 Å². The molecule has 0 spiro atoms. The number of rotatable bonds is 3. The Morgan fingerprint density at radius 1 is 0.270 bits per heavy atom. The molecular formula is C37H28. The van der Waals surface area contributed by atoms with E-state index >= 15 is 0 Å². The monoisotopic (exact) mass is 472 g/mol. The van der Waals surface area contributed by atoms with Gasteiger partial charge in [0.1, 0.15) is 0 Å². The van der Waals surface area contributed by atoms with Crippen LogP contribution in [0.4, 0.5) is 0 Å². The van der Waals surface area contributed by atoms with Crippen LogP contribution in [0.3, 0.4) is 0 Å². The third-order valence-electron chi connectivity index (χ3n) is 7.27. The summed E-state index contributed by atoms with van der Waals surface area (Å²) in [6, 6.07) is 52.7. The summed E-state index contributed by atoms with van der Waals surface area (Å²) >= 11 is 0. The van der Waals surface area contributed by atoms with Crippen LogP contribution in [0.2, 0.25) is 0 Å². The van der Waals surface area contributed by atoms with Crippen molar-refractivity contribution >= 4 is 32.3 Å². The molecule has 0 heterocycles. The summed E-state index contributed by atoms with van der Waals surface area (Å²) < 4.78 is 0. The van der Waals surface area contributed by atoms with Gasteiger partial charge in [0.15, 0.2) is 0 Å². The Hall–Kier alpha value is -4.68. The molecule has 7 rings (SSSR count). The van der Waals surface area contributed by atoms with E-state index in [-0.39, 0.29) is 7.43 Å². The molecule has 0 aliphatic carbocycles. The van der Waals surface area contributed by atoms with Crippen molar-refractivity contribution in [3.8, 4) is 33.4 Å². The predicted octanol–water partition coefficient (Wildman–Crippen LogP) is 10.8. The lowest BCUT2D eigenvalue weighted by molar-refractivity contribution is 1.61. The quantitative estimate of drug-likeness (QED) is 0.224. The third-order valence-corrected chi connectivity index (χ3v) is 7.27. The standard InChI is InChI=1S/C36H24.CH4/c1-2-11-25(12-3-1)26-21-23-28(24-22-26)35-31-16-6-8-18-33(31)36(34-19-9-7-17-32(34)35)30-20-10-14-27-13-4-5-15-29(27)30;/h1-24H;1H4. The third kappa shape index (κ3) is 3.79. The van der Waals surface area contributed by atoms with Gasteiger partial charge in [-0.15, -0.1) is 0 Å². The fourth-order valence-electron chi connectivity index (χ4n) is 5.63. The second-order valence-electron chi connectivity index (χ2n) is 9.31. The molecule has 0 saturated heterocycles. The Labute approximate surface area is 218 Å². The Kier molecular flexibility index (Phi) is 5.79. The highest BCUT2D eigenvalue weighted by molar-refractivity contribution is 6.23. The topological polar surface area (TPSA) is 0 Å². The molecule has 0 amide bonds. The fourth-order valence-corrected chi connectivity index (χ4v) is 5.63. The molecule has 0 N–H and O–H groups in total. The first-order valence-electron chi connectivity index (χ1n) is 12.5. The number of hydrogen-bond donors (Lipinski definition) is 0. The summed E-state index contributed by atoms with van der Waals surface area (Å²) in [6.07, 6.45) is 0. The largest absolute Gasteiger partial charge is 0.0776 e. The van der Waals surface area contributed by atoms with Gasteiger partial charge < -0.3 is 0 Å². The van der Waals surface area contributed by atoms with Crippen molar-refractivity contribution in [3.05, 3.63) is 146 Å². The molecule has 0 nitrogen and oxygen atoms in total. The minimum Gasteiger partial charge on any atom is -0.0776 e. The molecule has 0 fully saturated rings. The molecule has 0 bridgehead atoms. The van der Waals surface area contributed by atoms with Crippen molar-refractivity contribution in [1.29, 1.82) is 0 Å². The first kappa shape index (κ1) is 22.8. The zero-order valence-corrected chi connectivity index (χ0v) is 19.9. The van der Waals surface area contributed by atoms with Crippen LogP contribution in [0.25, 0.3) is 65.7 Å². The van der Waals surface area contributed by atoms with E-state index in [4.69, 9.17) is 0 Å². The average Bonchev–Trinajstić information content (AvgIpc) is 2.96. The second-order valence-corrected chi connectivity index (χ2v) is 9.31. The lowest BCUT2D eigenvalue weighted by Gasteiger charge is -2.19. The van der Waals surface area contributed by atoms with Crippen molar-refractivity contribution in [1.82, 2.24) is 0 Å². The van der Waals surface area contributed by atoms with E-state index < -0.39 is 0 Å². The zero-order chi connectivity index (χ0) is 23.9. The summed E-state index contributed by atoms with van der Waals surface area (Å²) in [6.45, 7) is 0. The van der Waals surface area contributed by atoms with E-state index in [2.05, 4.69) is 146 Å². The van der Waals surface area contributed by atoms with E-state index in [1.54, 1.807) is 0 Å². The molecule has 37 heavy (non-hydrogen) atoms. The molecule has 7 aromatic carbocycles. The summed E-state index contributed by atoms with van der Waals surface area (Å²) in [7, 11) is 0. The number of fused-ring (bicyclic) bond motifs is 3. The molecule has 0 atom stereocenters. The van der Waals surface area contributed by atoms with Crippen LogP contribution in [0.15, 0.2) is 146 Å². The van der Waals surface area contributed by atoms with E-state index in [9.17, 15) is 0 Å². The Morgan fingerprint density at radius 2 is 0.703 bits per heavy atom. The van der Waals surface area contributed by atoms with E-state index in [0.717, 1.165) is 0 Å². The van der Waals surface area contributed by atoms with Gasteiger partial charge >= 0.3 is 0 Å². The Balaban J connectivity index is 0.00000252. The van der Waals surface area contributed by atoms with Crippen molar-refractivity contribution in [2.75, 3.05) is 0 Å². The molecule has 0 saturated carbocycles. The van der Waals surface area contributed by atoms with Crippen LogP contribution < -0.4 is 0 Å². The van der Waals surface area contributed by atoms with E-state index in [1.165, 1.54) is 65.7 Å². The predicted molar refractivity (Wildman–Crippen MR) is 162 cm³/mol. The normalized spacial score (nSPS) is 11.0. The maximum Gasteiger partial charge on any atom is -0.00201 e. The minimum absolute atomic E-state index is 0. The average molecular weight is 473 g/mol. The van der Waals surface area contributed by atoms with E-state index in [0.29, 0.717) is 0 Å². The molecule has 0 radical (unpaired) electrons. The summed E-state index contributed by atoms with van der Waals surface area (Å²) in [5.41, 5.74) is 7.61. The molecule has 0 unspecified atom stereocenters. The minimum atomic E-state index is 0. The van der Waals surface area contributed by atoms with Gasteiger partial charge in [-0.25, -0.2) is 0 Å². The zero-order valence-electron chi connectivity index (χ0n) is 19.9. The van der Waals surface area contributed by atoms with Gasteiger partial charge in [0, 0.05) is 0 Å². The summed E-state index contributed by atoms with van der Waals surface area (Å²) in [5.74, 6) is 0. The van der Waals surface area contributed by atoms with Crippen LogP contribution >= 0.6 is 0 Å². The smallest absolute Gasteiger partial charge is 0.00201 e. The first-order valence-corrected chi connectivity index (χ1v) is 12.5. The fraction of sp³-hybridized carbons (Fsp3) is 0.0270. The van der Waals surface area contributed by atoms with Crippen LogP contribution in [-0.4, -0.2) is 0 Å². The van der Waals surface area contributed by atoms with Crippen molar-refractivity contribution in [3.63, 3.8) is 0 Å². The van der Waals surface area contributed by atoms with Crippen LogP contribution in [0, 0.1) is 0 Å². The van der Waals surface area contributed by atoms with Crippen molar-refractivity contribution < 1.29 is 0 Å². The number of benzene rings is 7. The van der Waals surface area contributed by atoms with Gasteiger partial charge in [-0.05, 0) is 65.7 Å². The van der Waals surface area contributed by atoms with E-state index in [1.807, 2.05) is 0 Å². The van der Waals surface area contributed by atoms with Gasteiger partial charge in [0.2, 0.25) is 0 Å². The number of hydrogen-bond acceptors (Lipinski definition) is 0. The molecule has 7 aromatic rings. The molecule has 176 valence electrons. The first-order chi connectivity index (χ1) is 17.9. The molecule has 0 aliphatic heterocycles. The lowest BCUT2D eigenvalue weighted by atomic mass is 9.84. The van der Waals surface area contributed by atoms with Crippen LogP contribution in [-0.2, 0) is 0 Å². The highest BCUT2D eigenvalue weighted by Crippen LogP contribution is 2.45. The maximum atomic E-state index is 2.28. The molecule has 0 aromatic heterocycles. The van der Waals surface area contributed by atoms with Crippen LogP contribution in [0.1, 0.15) is 7.43 Å². The second kappa shape index (κ2) is 9.41. The van der Waals surface area contributed by atoms with Gasteiger partial charge in [0.25, 0.3) is 0 Å². The summed E-state index contributed by atoms with van der Waals surface area (Å²) in [4.78, 5) is 0. The van der Waals surface area contributed by atoms with Crippen molar-refractivity contribution in [2.45, 2.75) is 7.43 Å². The summed E-state index contributed by atoms with van der Waals surface area (Å²) in [5, 5.41) is 7.70. The van der Waals surface area contributed by atoms with Gasteiger partial charge in [-0.2, -0.15) is 0 Å². The van der Waals surface area contributed by atoms with Crippen LogP contribution in [0.5, 0.6) is 0 Å². The highest BCUT2D eigenvalue weighted by atomic mass is 14.2. The van der Waals surface area contributed by atoms with Gasteiger partial charge in [0.05, 0.1) is 0 Å². The highest BCUT2D eigenvalue weighted by Gasteiger charge is 2.17. The molecular weight excluding hydrogens is 444 g/mol. The van der Waals surface area contributed by atoms with Gasteiger partial charge in [-0.3, -0.25) is 0 Å². The Morgan fingerprint density at radius 3 is 1.32 bits per heavy atom. The SMILES string of the molecule is C.c1ccc(-c2ccc(-c3c4ccccc4c(-c4cccc5ccccc45)c4ccccc34)cc2)cc1. The molecule has 0 aliphatic rings. The lowest BCUT2D eigenvalue weighted by Crippen LogP contribution is -1.91. The molecule has 0 heteroatoms.